The van der Waals surface area contributed by atoms with E-state index in [9.17, 15) is 9.59 Å². The smallest absolute Gasteiger partial charge is 0.328 e. The van der Waals surface area contributed by atoms with Gasteiger partial charge in [-0.3, -0.25) is 9.78 Å². The molecule has 1 amide bonds. The zero-order chi connectivity index (χ0) is 16.1. The van der Waals surface area contributed by atoms with E-state index in [-0.39, 0.29) is 11.8 Å². The van der Waals surface area contributed by atoms with E-state index in [0.29, 0.717) is 5.56 Å². The van der Waals surface area contributed by atoms with Crippen LogP contribution in [0.4, 0.5) is 0 Å². The summed E-state index contributed by atoms with van der Waals surface area (Å²) in [4.78, 5) is 28.7. The van der Waals surface area contributed by atoms with Gasteiger partial charge in [-0.2, -0.15) is 0 Å². The van der Waals surface area contributed by atoms with Crippen LogP contribution in [0, 0.1) is 5.92 Å². The van der Waals surface area contributed by atoms with E-state index in [0.717, 1.165) is 17.3 Å². The molecular weight excluding hydrogens is 280 g/mol. The molecule has 1 aromatic carbocycles. The summed E-state index contributed by atoms with van der Waals surface area (Å²) < 4.78 is 4.79. The SMILES string of the molecule is CC[C@H](C)[C@@H](NC(=O)c1ccnc2ccccc12)C(=O)OC. The minimum atomic E-state index is -0.658. The molecule has 1 aromatic heterocycles. The van der Waals surface area contributed by atoms with E-state index >= 15 is 0 Å². The van der Waals surface area contributed by atoms with Gasteiger partial charge in [-0.05, 0) is 18.1 Å². The fourth-order valence-electron chi connectivity index (χ4n) is 2.31. The number of nitrogens with zero attached hydrogens (tertiary/aromatic N) is 1. The van der Waals surface area contributed by atoms with Crippen LogP contribution in [0.5, 0.6) is 0 Å². The van der Waals surface area contributed by atoms with Gasteiger partial charge in [-0.15, -0.1) is 0 Å². The van der Waals surface area contributed by atoms with Crippen molar-refractivity contribution >= 4 is 22.8 Å². The molecule has 0 bridgehead atoms. The third-order valence-electron chi connectivity index (χ3n) is 3.85. The van der Waals surface area contributed by atoms with Crippen LogP contribution in [0.15, 0.2) is 36.5 Å². The number of benzene rings is 1. The van der Waals surface area contributed by atoms with Crippen LogP contribution in [-0.2, 0) is 9.53 Å². The summed E-state index contributed by atoms with van der Waals surface area (Å²) >= 11 is 0. The van der Waals surface area contributed by atoms with Crippen molar-refractivity contribution < 1.29 is 14.3 Å². The fourth-order valence-corrected chi connectivity index (χ4v) is 2.31. The molecule has 0 aliphatic carbocycles. The molecule has 2 atom stereocenters. The Balaban J connectivity index is 2.31. The van der Waals surface area contributed by atoms with Crippen LogP contribution in [0.3, 0.4) is 0 Å². The Morgan fingerprint density at radius 2 is 2.00 bits per heavy atom. The topological polar surface area (TPSA) is 68.3 Å². The van der Waals surface area contributed by atoms with Gasteiger partial charge in [0.2, 0.25) is 0 Å². The molecule has 0 unspecified atom stereocenters. The summed E-state index contributed by atoms with van der Waals surface area (Å²) in [5.41, 5.74) is 1.25. The molecule has 0 aliphatic heterocycles. The Labute approximate surface area is 129 Å². The summed E-state index contributed by atoms with van der Waals surface area (Å²) in [6.45, 7) is 3.88. The van der Waals surface area contributed by atoms with Crippen molar-refractivity contribution in [3.63, 3.8) is 0 Å². The van der Waals surface area contributed by atoms with Crippen molar-refractivity contribution in [1.82, 2.24) is 10.3 Å². The first kappa shape index (κ1) is 15.9. The fraction of sp³-hybridized carbons (Fsp3) is 0.353. The van der Waals surface area contributed by atoms with E-state index in [4.69, 9.17) is 4.74 Å². The Bertz CT molecular complexity index is 679. The Hall–Kier alpha value is -2.43. The molecule has 2 aromatic rings. The highest BCUT2D eigenvalue weighted by atomic mass is 16.5. The Morgan fingerprint density at radius 3 is 2.68 bits per heavy atom. The lowest BCUT2D eigenvalue weighted by molar-refractivity contribution is -0.144. The van der Waals surface area contributed by atoms with E-state index in [1.807, 2.05) is 38.1 Å². The number of rotatable bonds is 5. The first-order chi connectivity index (χ1) is 10.6. The minimum absolute atomic E-state index is 0.00972. The van der Waals surface area contributed by atoms with Crippen molar-refractivity contribution in [1.29, 1.82) is 0 Å². The number of fused-ring (bicyclic) bond motifs is 1. The maximum Gasteiger partial charge on any atom is 0.328 e. The van der Waals surface area contributed by atoms with Crippen molar-refractivity contribution in [3.05, 3.63) is 42.1 Å². The molecule has 1 heterocycles. The number of carbonyl (C=O) groups is 2. The lowest BCUT2D eigenvalue weighted by Crippen LogP contribution is -2.45. The number of hydrogen-bond acceptors (Lipinski definition) is 4. The zero-order valence-corrected chi connectivity index (χ0v) is 13.0. The van der Waals surface area contributed by atoms with Crippen molar-refractivity contribution in [3.8, 4) is 0 Å². The highest BCUT2D eigenvalue weighted by Crippen LogP contribution is 2.17. The van der Waals surface area contributed by atoms with E-state index in [1.54, 1.807) is 12.3 Å². The highest BCUT2D eigenvalue weighted by molar-refractivity contribution is 6.07. The molecule has 1 N–H and O–H groups in total. The number of ether oxygens (including phenoxy) is 1. The van der Waals surface area contributed by atoms with Gasteiger partial charge in [0.1, 0.15) is 6.04 Å². The summed E-state index contributed by atoms with van der Waals surface area (Å²) in [5.74, 6) is -0.736. The number of hydrogen-bond donors (Lipinski definition) is 1. The second-order valence-corrected chi connectivity index (χ2v) is 5.24. The molecule has 0 radical (unpaired) electrons. The molecule has 22 heavy (non-hydrogen) atoms. The molecule has 2 rings (SSSR count). The van der Waals surface area contributed by atoms with Crippen LogP contribution in [-0.4, -0.2) is 30.0 Å². The van der Waals surface area contributed by atoms with Crippen LogP contribution in [0.1, 0.15) is 30.6 Å². The number of nitrogens with one attached hydrogen (secondary N) is 1. The van der Waals surface area contributed by atoms with Crippen LogP contribution in [0.25, 0.3) is 10.9 Å². The number of para-hydroxylation sites is 1. The van der Waals surface area contributed by atoms with Crippen molar-refractivity contribution in [2.75, 3.05) is 7.11 Å². The molecule has 116 valence electrons. The van der Waals surface area contributed by atoms with Crippen molar-refractivity contribution in [2.24, 2.45) is 5.92 Å². The van der Waals surface area contributed by atoms with Gasteiger partial charge in [0.15, 0.2) is 0 Å². The second kappa shape index (κ2) is 7.02. The van der Waals surface area contributed by atoms with Crippen LogP contribution < -0.4 is 5.32 Å². The molecule has 0 fully saturated rings. The predicted octanol–water partition coefficient (Wildman–Crippen LogP) is 2.55. The summed E-state index contributed by atoms with van der Waals surface area (Å²) in [6.07, 6.45) is 2.35. The van der Waals surface area contributed by atoms with Gasteiger partial charge < -0.3 is 10.1 Å². The lowest BCUT2D eigenvalue weighted by atomic mass is 9.98. The van der Waals surface area contributed by atoms with Gasteiger partial charge in [-0.25, -0.2) is 4.79 Å². The molecule has 0 saturated carbocycles. The number of pyridine rings is 1. The summed E-state index contributed by atoms with van der Waals surface area (Å²) in [6, 6.07) is 8.41. The van der Waals surface area contributed by atoms with E-state index in [1.165, 1.54) is 7.11 Å². The molecular formula is C17H20N2O3. The monoisotopic (exact) mass is 300 g/mol. The van der Waals surface area contributed by atoms with Gasteiger partial charge in [0.05, 0.1) is 18.2 Å². The third kappa shape index (κ3) is 3.24. The average molecular weight is 300 g/mol. The zero-order valence-electron chi connectivity index (χ0n) is 13.0. The first-order valence-corrected chi connectivity index (χ1v) is 7.31. The number of amides is 1. The molecule has 0 saturated heterocycles. The quantitative estimate of drug-likeness (QED) is 0.862. The summed E-state index contributed by atoms with van der Waals surface area (Å²) in [7, 11) is 1.33. The number of methoxy groups -OCH3 is 1. The van der Waals surface area contributed by atoms with E-state index in [2.05, 4.69) is 10.3 Å². The van der Waals surface area contributed by atoms with Crippen LogP contribution >= 0.6 is 0 Å². The number of carbonyl (C=O) groups excluding carboxylic acids is 2. The molecule has 0 spiro atoms. The molecule has 5 nitrogen and oxygen atoms in total. The average Bonchev–Trinajstić information content (AvgIpc) is 2.57. The molecule has 5 heteroatoms. The maximum atomic E-state index is 12.6. The Morgan fingerprint density at radius 1 is 1.27 bits per heavy atom. The first-order valence-electron chi connectivity index (χ1n) is 7.31. The van der Waals surface area contributed by atoms with Gasteiger partial charge in [0, 0.05) is 11.6 Å². The van der Waals surface area contributed by atoms with E-state index < -0.39 is 12.0 Å². The van der Waals surface area contributed by atoms with Crippen LogP contribution in [0.2, 0.25) is 0 Å². The van der Waals surface area contributed by atoms with Crippen molar-refractivity contribution in [2.45, 2.75) is 26.3 Å². The predicted molar refractivity (Wildman–Crippen MR) is 84.5 cm³/mol. The van der Waals surface area contributed by atoms with Gasteiger partial charge in [0.25, 0.3) is 5.91 Å². The van der Waals surface area contributed by atoms with Gasteiger partial charge >= 0.3 is 5.97 Å². The van der Waals surface area contributed by atoms with Gasteiger partial charge in [-0.1, -0.05) is 38.5 Å². The normalized spacial score (nSPS) is 13.4. The molecule has 0 aliphatic rings. The lowest BCUT2D eigenvalue weighted by Gasteiger charge is -2.22. The highest BCUT2D eigenvalue weighted by Gasteiger charge is 2.27. The number of esters is 1. The number of aromatic nitrogens is 1. The third-order valence-corrected chi connectivity index (χ3v) is 3.85. The minimum Gasteiger partial charge on any atom is -0.467 e. The maximum absolute atomic E-state index is 12.6. The second-order valence-electron chi connectivity index (χ2n) is 5.24. The standard InChI is InChI=1S/C17H20N2O3/c1-4-11(2)15(17(21)22-3)19-16(20)13-9-10-18-14-8-6-5-7-12(13)14/h5-11,15H,4H2,1-3H3,(H,19,20)/t11-,15+/m0/s1. The Kier molecular flexibility index (Phi) is 5.09. The largest absolute Gasteiger partial charge is 0.467 e. The summed E-state index contributed by atoms with van der Waals surface area (Å²) in [5, 5.41) is 3.55.